The zero-order valence-corrected chi connectivity index (χ0v) is 21.8. The minimum atomic E-state index is -0.0446. The van der Waals surface area contributed by atoms with Crippen molar-refractivity contribution >= 4 is 17.1 Å². The van der Waals surface area contributed by atoms with E-state index in [4.69, 9.17) is 4.98 Å². The van der Waals surface area contributed by atoms with E-state index in [0.717, 1.165) is 58.9 Å². The highest BCUT2D eigenvalue weighted by Gasteiger charge is 2.30. The van der Waals surface area contributed by atoms with Crippen LogP contribution >= 0.6 is 0 Å². The quantitative estimate of drug-likeness (QED) is 0.392. The molecule has 1 unspecified atom stereocenters. The molecule has 4 aromatic rings. The first-order chi connectivity index (χ1) is 17.3. The van der Waals surface area contributed by atoms with Crippen LogP contribution in [0.5, 0.6) is 0 Å². The van der Waals surface area contributed by atoms with Crippen molar-refractivity contribution in [1.29, 1.82) is 0 Å². The number of aryl methyl sites for hydroxylation is 1. The van der Waals surface area contributed by atoms with Crippen LogP contribution in [-0.4, -0.2) is 57.1 Å². The number of nitrogens with zero attached hydrogens (tertiary/aromatic N) is 6. The summed E-state index contributed by atoms with van der Waals surface area (Å²) < 4.78 is 1.95. The van der Waals surface area contributed by atoms with E-state index in [1.165, 1.54) is 5.56 Å². The normalized spacial score (nSPS) is 16.5. The van der Waals surface area contributed by atoms with E-state index in [9.17, 15) is 4.79 Å². The Morgan fingerprint density at radius 1 is 1.11 bits per heavy atom. The number of carbonyl (C=O) groups excluding carboxylic acids is 1. The first kappa shape index (κ1) is 24.1. The molecule has 5 rings (SSSR count). The molecule has 0 saturated carbocycles. The molecule has 1 aliphatic heterocycles. The van der Waals surface area contributed by atoms with Crippen LogP contribution in [0.4, 0.5) is 5.69 Å². The summed E-state index contributed by atoms with van der Waals surface area (Å²) >= 11 is 0. The second kappa shape index (κ2) is 9.82. The Morgan fingerprint density at radius 3 is 2.61 bits per heavy atom. The summed E-state index contributed by atoms with van der Waals surface area (Å²) in [4.78, 5) is 26.2. The lowest BCUT2D eigenvalue weighted by Crippen LogP contribution is -2.50. The van der Waals surface area contributed by atoms with E-state index in [-0.39, 0.29) is 11.9 Å². The van der Waals surface area contributed by atoms with E-state index in [2.05, 4.69) is 55.1 Å². The van der Waals surface area contributed by atoms with E-state index >= 15 is 0 Å². The van der Waals surface area contributed by atoms with Gasteiger partial charge in [-0.1, -0.05) is 26.0 Å². The number of pyridine rings is 1. The molecular formula is C29H34N6O. The van der Waals surface area contributed by atoms with Gasteiger partial charge in [0.25, 0.3) is 0 Å². The third-order valence-corrected chi connectivity index (χ3v) is 7.08. The molecule has 7 nitrogen and oxygen atoms in total. The summed E-state index contributed by atoms with van der Waals surface area (Å²) in [7, 11) is 3.95. The molecule has 0 N–H and O–H groups in total. The van der Waals surface area contributed by atoms with Crippen molar-refractivity contribution in [2.45, 2.75) is 52.0 Å². The molecule has 3 aromatic heterocycles. The molecule has 1 aliphatic rings. The van der Waals surface area contributed by atoms with E-state index < -0.39 is 0 Å². The van der Waals surface area contributed by atoms with Crippen molar-refractivity contribution in [3.05, 3.63) is 77.5 Å². The van der Waals surface area contributed by atoms with Crippen molar-refractivity contribution in [2.24, 2.45) is 0 Å². The number of benzene rings is 1. The molecule has 1 saturated heterocycles. The van der Waals surface area contributed by atoms with Gasteiger partial charge in [-0.2, -0.15) is 5.10 Å². The van der Waals surface area contributed by atoms with Crippen LogP contribution in [0, 0.1) is 6.92 Å². The molecular weight excluding hydrogens is 448 g/mol. The number of piperidine rings is 1. The van der Waals surface area contributed by atoms with Crippen molar-refractivity contribution < 1.29 is 4.79 Å². The van der Waals surface area contributed by atoms with Crippen molar-refractivity contribution in [3.8, 4) is 11.3 Å². The third kappa shape index (κ3) is 4.63. The van der Waals surface area contributed by atoms with Gasteiger partial charge in [0.1, 0.15) is 5.82 Å². The first-order valence-corrected chi connectivity index (χ1v) is 12.7. The Kier molecular flexibility index (Phi) is 6.58. The molecule has 0 aliphatic carbocycles. The number of carbonyl (C=O) groups is 1. The molecule has 186 valence electrons. The van der Waals surface area contributed by atoms with Crippen LogP contribution in [-0.2, 0) is 11.2 Å². The maximum atomic E-state index is 12.9. The maximum Gasteiger partial charge on any atom is 0.244 e. The van der Waals surface area contributed by atoms with Crippen LogP contribution in [0.3, 0.4) is 0 Å². The van der Waals surface area contributed by atoms with E-state index in [0.29, 0.717) is 12.3 Å². The summed E-state index contributed by atoms with van der Waals surface area (Å²) in [5.74, 6) is 1.35. The second-order valence-corrected chi connectivity index (χ2v) is 10.2. The Morgan fingerprint density at radius 2 is 1.89 bits per heavy atom. The molecule has 0 spiro atoms. The Labute approximate surface area is 212 Å². The Bertz CT molecular complexity index is 1390. The van der Waals surface area contributed by atoms with Crippen molar-refractivity contribution in [3.63, 3.8) is 0 Å². The van der Waals surface area contributed by atoms with E-state index in [1.54, 1.807) is 0 Å². The van der Waals surface area contributed by atoms with Gasteiger partial charge in [-0.15, -0.1) is 0 Å². The number of fused-ring (bicyclic) bond motifs is 1. The van der Waals surface area contributed by atoms with Crippen molar-refractivity contribution in [2.75, 3.05) is 25.5 Å². The average Bonchev–Trinajstić information content (AvgIpc) is 3.20. The molecule has 4 heterocycles. The largest absolute Gasteiger partial charge is 0.311 e. The molecule has 0 radical (unpaired) electrons. The average molecular weight is 483 g/mol. The van der Waals surface area contributed by atoms with Gasteiger partial charge in [0, 0.05) is 42.2 Å². The summed E-state index contributed by atoms with van der Waals surface area (Å²) in [5, 5.41) is 4.66. The van der Waals surface area contributed by atoms with Crippen LogP contribution in [0.25, 0.3) is 16.8 Å². The first-order valence-electron chi connectivity index (χ1n) is 12.7. The van der Waals surface area contributed by atoms with Gasteiger partial charge in [0.05, 0.1) is 22.9 Å². The van der Waals surface area contributed by atoms with Gasteiger partial charge in [-0.25, -0.2) is 14.5 Å². The van der Waals surface area contributed by atoms with E-state index in [1.807, 2.05) is 59.0 Å². The monoisotopic (exact) mass is 482 g/mol. The van der Waals surface area contributed by atoms with Gasteiger partial charge in [0.15, 0.2) is 0 Å². The number of anilines is 1. The molecule has 1 fully saturated rings. The Balaban J connectivity index is 1.35. The lowest BCUT2D eigenvalue weighted by atomic mass is 10.0. The highest BCUT2D eigenvalue weighted by atomic mass is 16.2. The number of rotatable bonds is 6. The second-order valence-electron chi connectivity index (χ2n) is 10.2. The van der Waals surface area contributed by atoms with Crippen LogP contribution in [0.15, 0.2) is 54.9 Å². The fourth-order valence-electron chi connectivity index (χ4n) is 5.27. The number of amides is 1. The summed E-state index contributed by atoms with van der Waals surface area (Å²) in [5.41, 5.74) is 7.50. The summed E-state index contributed by atoms with van der Waals surface area (Å²) in [6, 6.07) is 14.4. The van der Waals surface area contributed by atoms with Gasteiger partial charge >= 0.3 is 0 Å². The molecule has 0 bridgehead atoms. The SMILES string of the molecule is Cc1nn2ccc(-c3ccnc(Cc4ccc(N5CCCC(N(C)C)C5=O)cc4)n3)cc2c1C(C)C. The smallest absolute Gasteiger partial charge is 0.244 e. The Hall–Kier alpha value is -3.58. The zero-order valence-electron chi connectivity index (χ0n) is 21.8. The molecule has 1 aromatic carbocycles. The van der Waals surface area contributed by atoms with Gasteiger partial charge in [0.2, 0.25) is 5.91 Å². The standard InChI is InChI=1S/C29H34N6O/c1-19(2)28-20(3)32-35-16-13-22(18-26(28)35)24-12-14-30-27(31-24)17-21-8-10-23(11-9-21)34-15-6-7-25(29(34)36)33(4)5/h8-14,16,18-19,25H,6-7,15,17H2,1-5H3. The summed E-state index contributed by atoms with van der Waals surface area (Å²) in [6.45, 7) is 7.24. The third-order valence-electron chi connectivity index (χ3n) is 7.08. The van der Waals surface area contributed by atoms with Gasteiger partial charge in [-0.3, -0.25) is 9.69 Å². The number of aromatic nitrogens is 4. The number of likely N-dealkylation sites (N-methyl/N-ethyl adjacent to an activating group) is 1. The molecule has 36 heavy (non-hydrogen) atoms. The lowest BCUT2D eigenvalue weighted by Gasteiger charge is -2.35. The highest BCUT2D eigenvalue weighted by Crippen LogP contribution is 2.28. The summed E-state index contributed by atoms with van der Waals surface area (Å²) in [6.07, 6.45) is 6.40. The van der Waals surface area contributed by atoms with Crippen LogP contribution in [0.1, 0.15) is 55.3 Å². The maximum absolute atomic E-state index is 12.9. The number of hydrogen-bond acceptors (Lipinski definition) is 5. The minimum Gasteiger partial charge on any atom is -0.311 e. The van der Waals surface area contributed by atoms with Crippen LogP contribution < -0.4 is 4.90 Å². The molecule has 1 atom stereocenters. The predicted octanol–water partition coefficient (Wildman–Crippen LogP) is 4.87. The van der Waals surface area contributed by atoms with Crippen molar-refractivity contribution in [1.82, 2.24) is 24.5 Å². The predicted molar refractivity (Wildman–Crippen MR) is 143 cm³/mol. The highest BCUT2D eigenvalue weighted by molar-refractivity contribution is 5.97. The minimum absolute atomic E-state index is 0.0446. The topological polar surface area (TPSA) is 66.6 Å². The molecule has 7 heteroatoms. The fourth-order valence-corrected chi connectivity index (χ4v) is 5.27. The van der Waals surface area contributed by atoms with Gasteiger partial charge in [-0.05, 0) is 75.7 Å². The fraction of sp³-hybridized carbons (Fsp3) is 0.379. The zero-order chi connectivity index (χ0) is 25.4. The lowest BCUT2D eigenvalue weighted by molar-refractivity contribution is -0.124. The van der Waals surface area contributed by atoms with Crippen LogP contribution in [0.2, 0.25) is 0 Å². The van der Waals surface area contributed by atoms with Gasteiger partial charge < -0.3 is 4.90 Å². The number of hydrogen-bond donors (Lipinski definition) is 0. The molecule has 1 amide bonds.